The van der Waals surface area contributed by atoms with Crippen LogP contribution in [0.2, 0.25) is 0 Å². The van der Waals surface area contributed by atoms with Crippen molar-refractivity contribution in [2.45, 2.75) is 13.8 Å². The number of carbonyl (C=O) groups is 1. The molecule has 1 aliphatic rings. The fourth-order valence-electron chi connectivity index (χ4n) is 3.55. The number of halogens is 1. The van der Waals surface area contributed by atoms with Gasteiger partial charge < -0.3 is 19.9 Å². The Morgan fingerprint density at radius 1 is 1.00 bits per heavy atom. The van der Waals surface area contributed by atoms with Crippen LogP contribution >= 0.6 is 0 Å². The zero-order chi connectivity index (χ0) is 22.5. The number of nitrogens with one attached hydrogen (secondary N) is 1. The number of hydrogen-bond donors (Lipinski definition) is 1. The van der Waals surface area contributed by atoms with E-state index in [-0.39, 0.29) is 18.3 Å². The monoisotopic (exact) mass is 435 g/mol. The minimum atomic E-state index is -0.387. The van der Waals surface area contributed by atoms with Gasteiger partial charge in [0.2, 0.25) is 11.8 Å². The molecule has 0 unspecified atom stereocenters. The lowest BCUT2D eigenvalue weighted by atomic mass is 10.2. The SMILES string of the molecule is Cc1cc(OCC(=O)Nc2ccc(C)c(F)c2)nc(N2CCN(c3ccccc3)CC2)n1. The van der Waals surface area contributed by atoms with Crippen LogP contribution in [-0.2, 0) is 4.79 Å². The van der Waals surface area contributed by atoms with Gasteiger partial charge in [-0.1, -0.05) is 24.3 Å². The maximum absolute atomic E-state index is 13.7. The quantitative estimate of drug-likeness (QED) is 0.638. The average Bonchev–Trinajstić information content (AvgIpc) is 2.80. The van der Waals surface area contributed by atoms with Crippen molar-refractivity contribution in [3.8, 4) is 5.88 Å². The zero-order valence-electron chi connectivity index (χ0n) is 18.2. The molecular formula is C24H26FN5O2. The smallest absolute Gasteiger partial charge is 0.262 e. The molecule has 0 saturated carbocycles. The molecule has 0 atom stereocenters. The second-order valence-corrected chi connectivity index (χ2v) is 7.76. The first-order valence-electron chi connectivity index (χ1n) is 10.6. The molecule has 0 bridgehead atoms. The van der Waals surface area contributed by atoms with Crippen molar-refractivity contribution >= 4 is 23.2 Å². The van der Waals surface area contributed by atoms with Crippen LogP contribution in [0.5, 0.6) is 5.88 Å². The lowest BCUT2D eigenvalue weighted by Crippen LogP contribution is -2.47. The molecule has 1 N–H and O–H groups in total. The van der Waals surface area contributed by atoms with Gasteiger partial charge in [0.15, 0.2) is 6.61 Å². The van der Waals surface area contributed by atoms with Crippen molar-refractivity contribution in [3.63, 3.8) is 0 Å². The van der Waals surface area contributed by atoms with Crippen molar-refractivity contribution in [2.75, 3.05) is 47.9 Å². The topological polar surface area (TPSA) is 70.6 Å². The van der Waals surface area contributed by atoms with Gasteiger partial charge in [0.05, 0.1) is 0 Å². The van der Waals surface area contributed by atoms with Crippen molar-refractivity contribution < 1.29 is 13.9 Å². The number of carbonyl (C=O) groups excluding carboxylic acids is 1. The van der Waals surface area contributed by atoms with Gasteiger partial charge in [0.25, 0.3) is 5.91 Å². The largest absolute Gasteiger partial charge is 0.467 e. The summed E-state index contributed by atoms with van der Waals surface area (Å²) < 4.78 is 19.3. The number of amides is 1. The molecular weight excluding hydrogens is 409 g/mol. The van der Waals surface area contributed by atoms with E-state index in [9.17, 15) is 9.18 Å². The van der Waals surface area contributed by atoms with E-state index in [1.165, 1.54) is 11.8 Å². The standard InChI is InChI=1S/C24H26FN5O2/c1-17-8-9-19(15-21(17)25)27-22(31)16-32-23-14-18(2)26-24(28-23)30-12-10-29(11-13-30)20-6-4-3-5-7-20/h3-9,14-15H,10-13,16H2,1-2H3,(H,27,31). The Morgan fingerprint density at radius 3 is 2.44 bits per heavy atom. The van der Waals surface area contributed by atoms with E-state index in [2.05, 4.69) is 37.2 Å². The van der Waals surface area contributed by atoms with Crippen LogP contribution in [0.3, 0.4) is 0 Å². The predicted octanol–water partition coefficient (Wildman–Crippen LogP) is 3.58. The molecule has 166 valence electrons. The van der Waals surface area contributed by atoms with Gasteiger partial charge in [0, 0.05) is 49.3 Å². The minimum absolute atomic E-state index is 0.229. The van der Waals surface area contributed by atoms with Crippen molar-refractivity contribution in [1.82, 2.24) is 9.97 Å². The Morgan fingerprint density at radius 2 is 1.72 bits per heavy atom. The number of rotatable bonds is 6. The molecule has 2 aromatic carbocycles. The predicted molar refractivity (Wildman–Crippen MR) is 123 cm³/mol. The van der Waals surface area contributed by atoms with E-state index in [1.54, 1.807) is 25.1 Å². The highest BCUT2D eigenvalue weighted by molar-refractivity contribution is 5.91. The van der Waals surface area contributed by atoms with Crippen LogP contribution < -0.4 is 19.9 Å². The number of hydrogen-bond acceptors (Lipinski definition) is 6. The first-order valence-corrected chi connectivity index (χ1v) is 10.6. The molecule has 0 spiro atoms. The lowest BCUT2D eigenvalue weighted by molar-refractivity contribution is -0.118. The molecule has 1 saturated heterocycles. The van der Waals surface area contributed by atoms with Gasteiger partial charge in [-0.25, -0.2) is 9.37 Å². The molecule has 7 nitrogen and oxygen atoms in total. The molecule has 0 aliphatic carbocycles. The maximum atomic E-state index is 13.7. The molecule has 8 heteroatoms. The van der Waals surface area contributed by atoms with Crippen LogP contribution in [0.15, 0.2) is 54.6 Å². The van der Waals surface area contributed by atoms with E-state index in [4.69, 9.17) is 4.74 Å². The normalized spacial score (nSPS) is 13.7. The number of nitrogens with zero attached hydrogens (tertiary/aromatic N) is 4. The van der Waals surface area contributed by atoms with E-state index in [0.29, 0.717) is 23.1 Å². The zero-order valence-corrected chi connectivity index (χ0v) is 18.2. The summed E-state index contributed by atoms with van der Waals surface area (Å²) in [4.78, 5) is 25.7. The van der Waals surface area contributed by atoms with Gasteiger partial charge >= 0.3 is 0 Å². The second-order valence-electron chi connectivity index (χ2n) is 7.76. The van der Waals surface area contributed by atoms with Crippen LogP contribution in [0.25, 0.3) is 0 Å². The third-order valence-corrected chi connectivity index (χ3v) is 5.31. The maximum Gasteiger partial charge on any atom is 0.262 e. The highest BCUT2D eigenvalue weighted by Gasteiger charge is 2.20. The molecule has 1 fully saturated rings. The van der Waals surface area contributed by atoms with Gasteiger partial charge in [-0.2, -0.15) is 4.98 Å². The molecule has 1 aliphatic heterocycles. The minimum Gasteiger partial charge on any atom is -0.467 e. The Labute approximate surface area is 186 Å². The van der Waals surface area contributed by atoms with Crippen LogP contribution in [-0.4, -0.2) is 48.7 Å². The van der Waals surface area contributed by atoms with Gasteiger partial charge in [0.1, 0.15) is 5.82 Å². The fraction of sp³-hybridized carbons (Fsp3) is 0.292. The van der Waals surface area contributed by atoms with Crippen LogP contribution in [0.4, 0.5) is 21.7 Å². The molecule has 1 aromatic heterocycles. The molecule has 1 amide bonds. The van der Waals surface area contributed by atoms with E-state index >= 15 is 0 Å². The summed E-state index contributed by atoms with van der Waals surface area (Å²) in [6.45, 7) is 6.62. The van der Waals surface area contributed by atoms with Crippen molar-refractivity contribution in [1.29, 1.82) is 0 Å². The fourth-order valence-corrected chi connectivity index (χ4v) is 3.55. The number of aryl methyl sites for hydroxylation is 2. The number of aromatic nitrogens is 2. The molecule has 2 heterocycles. The summed E-state index contributed by atoms with van der Waals surface area (Å²) in [5.41, 5.74) is 2.88. The number of anilines is 3. The van der Waals surface area contributed by atoms with E-state index in [1.807, 2.05) is 25.1 Å². The van der Waals surface area contributed by atoms with E-state index < -0.39 is 0 Å². The first kappa shape index (κ1) is 21.5. The van der Waals surface area contributed by atoms with E-state index in [0.717, 1.165) is 31.9 Å². The average molecular weight is 436 g/mol. The number of ether oxygens (including phenoxy) is 1. The Balaban J connectivity index is 1.34. The number of piperazine rings is 1. The highest BCUT2D eigenvalue weighted by Crippen LogP contribution is 2.20. The first-order chi connectivity index (χ1) is 15.5. The molecule has 32 heavy (non-hydrogen) atoms. The molecule has 0 radical (unpaired) electrons. The number of para-hydroxylation sites is 1. The lowest BCUT2D eigenvalue weighted by Gasteiger charge is -2.36. The molecule has 3 aromatic rings. The summed E-state index contributed by atoms with van der Waals surface area (Å²) in [6.07, 6.45) is 0. The van der Waals surface area contributed by atoms with Gasteiger partial charge in [-0.3, -0.25) is 4.79 Å². The highest BCUT2D eigenvalue weighted by atomic mass is 19.1. The summed E-state index contributed by atoms with van der Waals surface area (Å²) in [5.74, 6) is 0.173. The van der Waals surface area contributed by atoms with Crippen LogP contribution in [0.1, 0.15) is 11.3 Å². The summed E-state index contributed by atoms with van der Waals surface area (Å²) in [6, 6.07) is 16.6. The molecule has 4 rings (SSSR count). The third-order valence-electron chi connectivity index (χ3n) is 5.31. The Hall–Kier alpha value is -3.68. The summed E-state index contributed by atoms with van der Waals surface area (Å²) in [7, 11) is 0. The summed E-state index contributed by atoms with van der Waals surface area (Å²) >= 11 is 0. The third kappa shape index (κ3) is 5.32. The van der Waals surface area contributed by atoms with Gasteiger partial charge in [-0.05, 0) is 43.7 Å². The van der Waals surface area contributed by atoms with Gasteiger partial charge in [-0.15, -0.1) is 0 Å². The Kier molecular flexibility index (Phi) is 6.49. The number of benzene rings is 2. The van der Waals surface area contributed by atoms with Crippen molar-refractivity contribution in [3.05, 3.63) is 71.7 Å². The Bertz CT molecular complexity index is 1090. The van der Waals surface area contributed by atoms with Crippen LogP contribution in [0, 0.1) is 19.7 Å². The second kappa shape index (κ2) is 9.64. The van der Waals surface area contributed by atoms with Crippen molar-refractivity contribution in [2.24, 2.45) is 0 Å². The summed E-state index contributed by atoms with van der Waals surface area (Å²) in [5, 5.41) is 2.63.